The summed E-state index contributed by atoms with van der Waals surface area (Å²) in [4.78, 5) is 34.6. The van der Waals surface area contributed by atoms with Crippen molar-refractivity contribution in [2.45, 2.75) is 26.3 Å². The zero-order valence-electron chi connectivity index (χ0n) is 8.78. The van der Waals surface area contributed by atoms with E-state index in [-0.39, 0.29) is 19.1 Å². The number of nitrogens with one attached hydrogen (secondary N) is 1. The van der Waals surface area contributed by atoms with Crippen molar-refractivity contribution in [3.8, 4) is 0 Å². The van der Waals surface area contributed by atoms with Crippen LogP contribution < -0.4 is 5.32 Å². The summed E-state index contributed by atoms with van der Waals surface area (Å²) in [5, 5.41) is 2.09. The second-order valence-electron chi connectivity index (χ2n) is 3.30. The SMILES string of the molecule is CCOCC(C)N1C(=O)CC(=O)NC1=O. The van der Waals surface area contributed by atoms with Crippen LogP contribution in [0.1, 0.15) is 20.3 Å². The van der Waals surface area contributed by atoms with Gasteiger partial charge < -0.3 is 4.74 Å². The molecule has 1 aliphatic heterocycles. The van der Waals surface area contributed by atoms with Gasteiger partial charge in [0, 0.05) is 6.61 Å². The van der Waals surface area contributed by atoms with Gasteiger partial charge in [-0.25, -0.2) is 4.79 Å². The highest BCUT2D eigenvalue weighted by Gasteiger charge is 2.34. The van der Waals surface area contributed by atoms with Crippen LogP contribution in [0.5, 0.6) is 0 Å². The van der Waals surface area contributed by atoms with E-state index in [4.69, 9.17) is 4.74 Å². The van der Waals surface area contributed by atoms with Crippen LogP contribution in [0.25, 0.3) is 0 Å². The van der Waals surface area contributed by atoms with Crippen LogP contribution >= 0.6 is 0 Å². The molecular weight excluding hydrogens is 200 g/mol. The molecule has 0 bridgehead atoms. The maximum Gasteiger partial charge on any atom is 0.331 e. The number of rotatable bonds is 4. The lowest BCUT2D eigenvalue weighted by atomic mass is 10.2. The Morgan fingerprint density at radius 2 is 2.13 bits per heavy atom. The Labute approximate surface area is 87.6 Å². The molecule has 6 nitrogen and oxygen atoms in total. The predicted molar refractivity (Wildman–Crippen MR) is 51.0 cm³/mol. The zero-order chi connectivity index (χ0) is 11.4. The van der Waals surface area contributed by atoms with Crippen LogP contribution in [0.15, 0.2) is 0 Å². The van der Waals surface area contributed by atoms with E-state index in [2.05, 4.69) is 5.32 Å². The molecule has 84 valence electrons. The molecule has 1 fully saturated rings. The fourth-order valence-corrected chi connectivity index (χ4v) is 1.37. The molecule has 0 aliphatic carbocycles. The monoisotopic (exact) mass is 214 g/mol. The molecule has 0 saturated carbocycles. The molecule has 0 aromatic rings. The van der Waals surface area contributed by atoms with Crippen molar-refractivity contribution in [3.05, 3.63) is 0 Å². The highest BCUT2D eigenvalue weighted by molar-refractivity contribution is 6.14. The topological polar surface area (TPSA) is 75.7 Å². The molecular formula is C9H14N2O4. The van der Waals surface area contributed by atoms with Gasteiger partial charge in [-0.2, -0.15) is 0 Å². The Morgan fingerprint density at radius 1 is 1.47 bits per heavy atom. The number of nitrogens with zero attached hydrogens (tertiary/aromatic N) is 1. The van der Waals surface area contributed by atoms with Crippen molar-refractivity contribution in [1.82, 2.24) is 10.2 Å². The van der Waals surface area contributed by atoms with E-state index >= 15 is 0 Å². The van der Waals surface area contributed by atoms with Crippen molar-refractivity contribution in [2.24, 2.45) is 0 Å². The van der Waals surface area contributed by atoms with Gasteiger partial charge in [-0.3, -0.25) is 19.8 Å². The van der Waals surface area contributed by atoms with Crippen molar-refractivity contribution in [3.63, 3.8) is 0 Å². The van der Waals surface area contributed by atoms with E-state index in [9.17, 15) is 14.4 Å². The van der Waals surface area contributed by atoms with E-state index in [1.807, 2.05) is 6.92 Å². The maximum absolute atomic E-state index is 11.4. The van der Waals surface area contributed by atoms with Crippen LogP contribution in [0, 0.1) is 0 Å². The highest BCUT2D eigenvalue weighted by Crippen LogP contribution is 2.08. The average molecular weight is 214 g/mol. The summed E-state index contributed by atoms with van der Waals surface area (Å²) in [5.41, 5.74) is 0. The number of barbiturate groups is 1. The van der Waals surface area contributed by atoms with E-state index in [1.165, 1.54) is 0 Å². The minimum Gasteiger partial charge on any atom is -0.380 e. The van der Waals surface area contributed by atoms with Gasteiger partial charge in [0.1, 0.15) is 6.42 Å². The first kappa shape index (κ1) is 11.6. The average Bonchev–Trinajstić information content (AvgIpc) is 2.12. The minimum absolute atomic E-state index is 0.276. The number of hydrogen-bond donors (Lipinski definition) is 1. The van der Waals surface area contributed by atoms with Crippen LogP contribution in [0.4, 0.5) is 4.79 Å². The van der Waals surface area contributed by atoms with Gasteiger partial charge in [0.15, 0.2) is 0 Å². The summed E-state index contributed by atoms with van der Waals surface area (Å²) in [7, 11) is 0. The first-order valence-corrected chi connectivity index (χ1v) is 4.79. The van der Waals surface area contributed by atoms with Gasteiger partial charge in [0.25, 0.3) is 0 Å². The van der Waals surface area contributed by atoms with Crippen LogP contribution in [0.3, 0.4) is 0 Å². The Balaban J connectivity index is 2.62. The molecule has 1 rings (SSSR count). The number of amides is 4. The summed E-state index contributed by atoms with van der Waals surface area (Å²) < 4.78 is 5.11. The number of carbonyl (C=O) groups excluding carboxylic acids is 3. The first-order valence-electron chi connectivity index (χ1n) is 4.79. The van der Waals surface area contributed by atoms with Crippen LogP contribution in [-0.4, -0.2) is 42.0 Å². The quantitative estimate of drug-likeness (QED) is 0.662. The summed E-state index contributed by atoms with van der Waals surface area (Å²) in [6, 6.07) is -1.02. The molecule has 15 heavy (non-hydrogen) atoms. The summed E-state index contributed by atoms with van der Waals surface area (Å²) >= 11 is 0. The third kappa shape index (κ3) is 2.76. The number of carbonyl (C=O) groups is 3. The largest absolute Gasteiger partial charge is 0.380 e. The lowest BCUT2D eigenvalue weighted by Gasteiger charge is -2.29. The van der Waals surface area contributed by atoms with Gasteiger partial charge in [0.05, 0.1) is 12.6 Å². The Kier molecular flexibility index (Phi) is 3.79. The van der Waals surface area contributed by atoms with Crippen molar-refractivity contribution in [2.75, 3.05) is 13.2 Å². The van der Waals surface area contributed by atoms with Gasteiger partial charge >= 0.3 is 6.03 Å². The fraction of sp³-hybridized carbons (Fsp3) is 0.667. The third-order valence-corrected chi connectivity index (χ3v) is 2.05. The van der Waals surface area contributed by atoms with Crippen LogP contribution in [-0.2, 0) is 14.3 Å². The molecule has 0 aromatic heterocycles. The number of urea groups is 1. The van der Waals surface area contributed by atoms with Gasteiger partial charge in [-0.1, -0.05) is 0 Å². The van der Waals surface area contributed by atoms with Crippen LogP contribution in [0.2, 0.25) is 0 Å². The van der Waals surface area contributed by atoms with E-state index < -0.39 is 17.8 Å². The third-order valence-electron chi connectivity index (χ3n) is 2.05. The molecule has 0 aromatic carbocycles. The smallest absolute Gasteiger partial charge is 0.331 e. The second kappa shape index (κ2) is 4.88. The lowest BCUT2D eigenvalue weighted by Crippen LogP contribution is -2.56. The fourth-order valence-electron chi connectivity index (χ4n) is 1.37. The molecule has 1 heterocycles. The number of ether oxygens (including phenoxy) is 1. The number of hydrogen-bond acceptors (Lipinski definition) is 4. The summed E-state index contributed by atoms with van der Waals surface area (Å²) in [5.74, 6) is -1.03. The minimum atomic E-state index is -0.663. The second-order valence-corrected chi connectivity index (χ2v) is 3.30. The maximum atomic E-state index is 11.4. The van der Waals surface area contributed by atoms with Crippen molar-refractivity contribution >= 4 is 17.8 Å². The Morgan fingerprint density at radius 3 is 2.67 bits per heavy atom. The molecule has 1 N–H and O–H groups in total. The van der Waals surface area contributed by atoms with Gasteiger partial charge in [-0.15, -0.1) is 0 Å². The lowest BCUT2D eigenvalue weighted by molar-refractivity contribution is -0.138. The van der Waals surface area contributed by atoms with Gasteiger partial charge in [-0.05, 0) is 13.8 Å². The molecule has 4 amide bonds. The Bertz CT molecular complexity index is 270. The molecule has 6 heteroatoms. The van der Waals surface area contributed by atoms with Crippen molar-refractivity contribution in [1.29, 1.82) is 0 Å². The standard InChI is InChI=1S/C9H14N2O4/c1-3-15-5-6(2)11-8(13)4-7(12)10-9(11)14/h6H,3-5H2,1-2H3,(H,10,12,14). The molecule has 0 spiro atoms. The Hall–Kier alpha value is -1.43. The predicted octanol–water partition coefficient (Wildman–Crippen LogP) is -0.120. The molecule has 1 aliphatic rings. The normalized spacial score (nSPS) is 19.1. The molecule has 1 unspecified atom stereocenters. The molecule has 1 saturated heterocycles. The number of imide groups is 2. The molecule has 1 atom stereocenters. The van der Waals surface area contributed by atoms with E-state index in [0.717, 1.165) is 4.90 Å². The van der Waals surface area contributed by atoms with Gasteiger partial charge in [0.2, 0.25) is 11.8 Å². The zero-order valence-corrected chi connectivity index (χ0v) is 8.78. The molecule has 0 radical (unpaired) electrons. The summed E-state index contributed by atoms with van der Waals surface area (Å²) in [6.45, 7) is 4.33. The highest BCUT2D eigenvalue weighted by atomic mass is 16.5. The van der Waals surface area contributed by atoms with E-state index in [1.54, 1.807) is 6.92 Å². The first-order chi connectivity index (χ1) is 7.06. The summed E-state index contributed by atoms with van der Waals surface area (Å²) in [6.07, 6.45) is -0.276. The van der Waals surface area contributed by atoms with Crippen molar-refractivity contribution < 1.29 is 19.1 Å². The van der Waals surface area contributed by atoms with E-state index in [0.29, 0.717) is 6.61 Å².